The minimum absolute atomic E-state index is 0.109. The Balaban J connectivity index is 2.29. The molecule has 2 aromatic carbocycles. The molecule has 1 heterocycles. The van der Waals surface area contributed by atoms with E-state index < -0.39 is 6.04 Å². The fourth-order valence-corrected chi connectivity index (χ4v) is 2.43. The first-order valence-corrected chi connectivity index (χ1v) is 6.19. The Morgan fingerprint density at radius 2 is 1.74 bits per heavy atom. The monoisotopic (exact) mass is 254 g/mol. The van der Waals surface area contributed by atoms with Gasteiger partial charge in [-0.15, -0.1) is 0 Å². The molecule has 1 unspecified atom stereocenters. The molecule has 1 aliphatic rings. The fourth-order valence-electron chi connectivity index (χ4n) is 2.43. The summed E-state index contributed by atoms with van der Waals surface area (Å²) in [5.74, 6) is -0.312. The molecular formula is C15H14N2O2. The lowest BCUT2D eigenvalue weighted by Gasteiger charge is -2.19. The van der Waals surface area contributed by atoms with E-state index in [0.717, 1.165) is 10.8 Å². The minimum atomic E-state index is -0.506. The van der Waals surface area contributed by atoms with E-state index >= 15 is 0 Å². The smallest absolute Gasteiger partial charge is 0.254 e. The maximum absolute atomic E-state index is 12.2. The van der Waals surface area contributed by atoms with Gasteiger partial charge in [-0.1, -0.05) is 24.3 Å². The first-order chi connectivity index (χ1) is 9.08. The van der Waals surface area contributed by atoms with Crippen LogP contribution < -0.4 is 10.2 Å². The predicted octanol–water partition coefficient (Wildman–Crippen LogP) is 1.93. The summed E-state index contributed by atoms with van der Waals surface area (Å²) in [5.41, 5.74) is 1.20. The van der Waals surface area contributed by atoms with Crippen molar-refractivity contribution >= 4 is 28.3 Å². The van der Waals surface area contributed by atoms with Gasteiger partial charge < -0.3 is 10.2 Å². The van der Waals surface area contributed by atoms with E-state index in [2.05, 4.69) is 5.32 Å². The Morgan fingerprint density at radius 3 is 2.42 bits per heavy atom. The summed E-state index contributed by atoms with van der Waals surface area (Å²) in [6.07, 6.45) is 0. The fraction of sp³-hybridized carbons (Fsp3) is 0.200. The molecular weight excluding hydrogens is 240 g/mol. The number of fused-ring (bicyclic) bond motifs is 2. The maximum Gasteiger partial charge on any atom is 0.254 e. The highest BCUT2D eigenvalue weighted by Gasteiger charge is 2.29. The van der Waals surface area contributed by atoms with Crippen LogP contribution in [-0.2, 0) is 4.79 Å². The number of hydrogen-bond acceptors (Lipinski definition) is 2. The van der Waals surface area contributed by atoms with Crippen molar-refractivity contribution in [1.29, 1.82) is 0 Å². The van der Waals surface area contributed by atoms with Crippen LogP contribution in [0.5, 0.6) is 0 Å². The van der Waals surface area contributed by atoms with E-state index in [-0.39, 0.29) is 11.8 Å². The van der Waals surface area contributed by atoms with Gasteiger partial charge in [0.05, 0.1) is 11.3 Å². The van der Waals surface area contributed by atoms with E-state index in [1.807, 2.05) is 36.4 Å². The van der Waals surface area contributed by atoms with E-state index in [9.17, 15) is 9.59 Å². The van der Waals surface area contributed by atoms with Crippen LogP contribution >= 0.6 is 0 Å². The molecule has 4 nitrogen and oxygen atoms in total. The average molecular weight is 254 g/mol. The zero-order chi connectivity index (χ0) is 13.6. The Bertz CT molecular complexity index is 694. The minimum Gasteiger partial charge on any atom is -0.340 e. The number of benzene rings is 2. The number of rotatable bonds is 0. The van der Waals surface area contributed by atoms with Crippen molar-refractivity contribution in [3.8, 4) is 0 Å². The molecule has 1 aliphatic heterocycles. The number of amides is 2. The number of carbonyl (C=O) groups is 2. The molecule has 0 radical (unpaired) electrons. The van der Waals surface area contributed by atoms with Gasteiger partial charge in [-0.2, -0.15) is 0 Å². The molecule has 4 heteroatoms. The maximum atomic E-state index is 12.2. The van der Waals surface area contributed by atoms with Gasteiger partial charge in [0.15, 0.2) is 0 Å². The Labute approximate surface area is 111 Å². The van der Waals surface area contributed by atoms with Crippen LogP contribution in [0, 0.1) is 0 Å². The van der Waals surface area contributed by atoms with E-state index in [4.69, 9.17) is 0 Å². The Hall–Kier alpha value is -2.36. The molecule has 2 amide bonds. The predicted molar refractivity (Wildman–Crippen MR) is 74.3 cm³/mol. The second kappa shape index (κ2) is 4.09. The normalized spacial score (nSPS) is 19.1. The molecule has 0 spiro atoms. The van der Waals surface area contributed by atoms with Crippen molar-refractivity contribution in [2.24, 2.45) is 0 Å². The lowest BCUT2D eigenvalue weighted by molar-refractivity contribution is -0.119. The third kappa shape index (κ3) is 1.76. The van der Waals surface area contributed by atoms with Crippen LogP contribution in [0.15, 0.2) is 36.4 Å². The number of carbonyl (C=O) groups excluding carboxylic acids is 2. The van der Waals surface area contributed by atoms with Crippen LogP contribution in [0.1, 0.15) is 17.3 Å². The summed E-state index contributed by atoms with van der Waals surface area (Å²) in [7, 11) is 1.70. The van der Waals surface area contributed by atoms with Gasteiger partial charge >= 0.3 is 0 Å². The van der Waals surface area contributed by atoms with Crippen molar-refractivity contribution in [3.63, 3.8) is 0 Å². The summed E-state index contributed by atoms with van der Waals surface area (Å²) >= 11 is 0. The molecule has 96 valence electrons. The average Bonchev–Trinajstić information content (AvgIpc) is 2.50. The molecule has 0 aliphatic carbocycles. The van der Waals surface area contributed by atoms with E-state index in [1.165, 1.54) is 0 Å². The molecule has 3 rings (SSSR count). The number of nitrogens with one attached hydrogen (secondary N) is 1. The van der Waals surface area contributed by atoms with Crippen LogP contribution in [0.3, 0.4) is 0 Å². The molecule has 0 aromatic heterocycles. The molecule has 1 N–H and O–H groups in total. The van der Waals surface area contributed by atoms with Crippen molar-refractivity contribution in [1.82, 2.24) is 5.32 Å². The summed E-state index contributed by atoms with van der Waals surface area (Å²) in [5, 5.41) is 4.72. The van der Waals surface area contributed by atoms with E-state index in [0.29, 0.717) is 11.3 Å². The first kappa shape index (κ1) is 11.7. The standard InChI is InChI=1S/C15H14N2O2/c1-9-15(19)17(2)13-8-11-6-4-3-5-10(11)7-12(13)14(18)16-9/h3-9H,1-2H3,(H,16,18). The van der Waals surface area contributed by atoms with Gasteiger partial charge in [0, 0.05) is 7.05 Å². The molecule has 0 saturated carbocycles. The van der Waals surface area contributed by atoms with Crippen LogP contribution in [0.25, 0.3) is 10.8 Å². The largest absolute Gasteiger partial charge is 0.340 e. The second-order valence-corrected chi connectivity index (χ2v) is 4.81. The number of nitrogens with zero attached hydrogens (tertiary/aromatic N) is 1. The van der Waals surface area contributed by atoms with Crippen molar-refractivity contribution in [3.05, 3.63) is 42.0 Å². The Morgan fingerprint density at radius 1 is 1.11 bits per heavy atom. The third-order valence-electron chi connectivity index (χ3n) is 3.52. The van der Waals surface area contributed by atoms with E-state index in [1.54, 1.807) is 18.9 Å². The van der Waals surface area contributed by atoms with Crippen molar-refractivity contribution in [2.45, 2.75) is 13.0 Å². The number of likely N-dealkylation sites (N-methyl/N-ethyl adjacent to an activating group) is 1. The lowest BCUT2D eigenvalue weighted by Crippen LogP contribution is -2.42. The number of anilines is 1. The van der Waals surface area contributed by atoms with Crippen molar-refractivity contribution in [2.75, 3.05) is 11.9 Å². The van der Waals surface area contributed by atoms with Gasteiger partial charge in [0.25, 0.3) is 5.91 Å². The third-order valence-corrected chi connectivity index (χ3v) is 3.52. The molecule has 0 fully saturated rings. The summed E-state index contributed by atoms with van der Waals surface area (Å²) in [6.45, 7) is 1.70. The van der Waals surface area contributed by atoms with Crippen molar-refractivity contribution < 1.29 is 9.59 Å². The Kier molecular flexibility index (Phi) is 2.52. The van der Waals surface area contributed by atoms with Crippen LogP contribution in [0.2, 0.25) is 0 Å². The zero-order valence-electron chi connectivity index (χ0n) is 10.8. The van der Waals surface area contributed by atoms with Crippen LogP contribution in [-0.4, -0.2) is 24.9 Å². The van der Waals surface area contributed by atoms with Crippen LogP contribution in [0.4, 0.5) is 5.69 Å². The SMILES string of the molecule is CC1NC(=O)c2cc3ccccc3cc2N(C)C1=O. The molecule has 0 saturated heterocycles. The van der Waals surface area contributed by atoms with Gasteiger partial charge in [-0.25, -0.2) is 0 Å². The first-order valence-electron chi connectivity index (χ1n) is 6.19. The zero-order valence-corrected chi connectivity index (χ0v) is 10.8. The number of hydrogen-bond donors (Lipinski definition) is 1. The van der Waals surface area contributed by atoms with Gasteiger partial charge in [0.2, 0.25) is 5.91 Å². The lowest BCUT2D eigenvalue weighted by atomic mass is 10.0. The molecule has 2 aromatic rings. The molecule has 1 atom stereocenters. The molecule has 0 bridgehead atoms. The molecule has 19 heavy (non-hydrogen) atoms. The second-order valence-electron chi connectivity index (χ2n) is 4.81. The highest BCUT2D eigenvalue weighted by molar-refractivity contribution is 6.13. The van der Waals surface area contributed by atoms with Gasteiger partial charge in [-0.3, -0.25) is 9.59 Å². The van der Waals surface area contributed by atoms with Gasteiger partial charge in [-0.05, 0) is 29.8 Å². The summed E-state index contributed by atoms with van der Waals surface area (Å²) in [6, 6.07) is 11.0. The van der Waals surface area contributed by atoms with Gasteiger partial charge in [0.1, 0.15) is 6.04 Å². The highest BCUT2D eigenvalue weighted by Crippen LogP contribution is 2.28. The summed E-state index contributed by atoms with van der Waals surface area (Å²) in [4.78, 5) is 25.8. The highest BCUT2D eigenvalue weighted by atomic mass is 16.2. The topological polar surface area (TPSA) is 49.4 Å². The summed E-state index contributed by atoms with van der Waals surface area (Å²) < 4.78 is 0. The quantitative estimate of drug-likeness (QED) is 0.781.